The summed E-state index contributed by atoms with van der Waals surface area (Å²) in [6.45, 7) is 1.81. The van der Waals surface area contributed by atoms with Crippen molar-refractivity contribution in [3.8, 4) is 5.75 Å². The maximum absolute atomic E-state index is 12.7. The van der Waals surface area contributed by atoms with Gasteiger partial charge in [0.1, 0.15) is 22.0 Å². The minimum absolute atomic E-state index is 0.123. The molecule has 0 saturated carbocycles. The fourth-order valence-corrected chi connectivity index (χ4v) is 3.64. The van der Waals surface area contributed by atoms with E-state index in [2.05, 4.69) is 20.0 Å². The average Bonchev–Trinajstić information content (AvgIpc) is 2.74. The molecule has 0 aliphatic carbocycles. The van der Waals surface area contributed by atoms with E-state index in [1.165, 1.54) is 30.8 Å². The number of halogens is 3. The van der Waals surface area contributed by atoms with Crippen molar-refractivity contribution in [3.05, 3.63) is 50.9 Å². The molecule has 0 fully saturated rings. The topological polar surface area (TPSA) is 108 Å². The van der Waals surface area contributed by atoms with Gasteiger partial charge >= 0.3 is 12.1 Å². The van der Waals surface area contributed by atoms with Crippen molar-refractivity contribution in [3.63, 3.8) is 0 Å². The number of ether oxygens (including phenoxy) is 1. The molecule has 2 aromatic heterocycles. The van der Waals surface area contributed by atoms with Gasteiger partial charge in [0.05, 0.1) is 5.75 Å². The van der Waals surface area contributed by atoms with Crippen LogP contribution < -0.4 is 21.3 Å². The summed E-state index contributed by atoms with van der Waals surface area (Å²) >= 11 is 0.990. The molecule has 3 rings (SSSR count). The molecule has 3 aromatic rings. The lowest BCUT2D eigenvalue weighted by Crippen LogP contribution is -2.37. The summed E-state index contributed by atoms with van der Waals surface area (Å²) in [7, 11) is 2.83. The first kappa shape index (κ1) is 23.3. The molecule has 170 valence electrons. The highest BCUT2D eigenvalue weighted by atomic mass is 32.2. The van der Waals surface area contributed by atoms with Crippen LogP contribution in [-0.2, 0) is 25.3 Å². The highest BCUT2D eigenvalue weighted by molar-refractivity contribution is 8.00. The van der Waals surface area contributed by atoms with Crippen LogP contribution in [-0.4, -0.2) is 37.1 Å². The summed E-state index contributed by atoms with van der Waals surface area (Å²) in [6.07, 6.45) is -4.36. The zero-order chi connectivity index (χ0) is 23.6. The molecule has 32 heavy (non-hydrogen) atoms. The van der Waals surface area contributed by atoms with Gasteiger partial charge in [0.2, 0.25) is 5.91 Å². The lowest BCUT2D eigenvalue weighted by molar-refractivity contribution is -0.274. The molecule has 0 unspecified atom stereocenters. The van der Waals surface area contributed by atoms with E-state index in [9.17, 15) is 27.6 Å². The summed E-state index contributed by atoms with van der Waals surface area (Å²) < 4.78 is 42.7. The molecular weight excluding hydrogens is 451 g/mol. The Labute approximate surface area is 183 Å². The molecule has 0 aliphatic rings. The fourth-order valence-electron chi connectivity index (χ4n) is 2.81. The predicted octanol–water partition coefficient (Wildman–Crippen LogP) is 2.22. The average molecular weight is 469 g/mol. The molecule has 0 saturated heterocycles. The van der Waals surface area contributed by atoms with Crippen LogP contribution in [0, 0.1) is 0 Å². The number of benzene rings is 1. The van der Waals surface area contributed by atoms with E-state index >= 15 is 0 Å². The van der Waals surface area contributed by atoms with Crippen LogP contribution in [0.15, 0.2) is 38.9 Å². The van der Waals surface area contributed by atoms with Crippen LogP contribution in [0.5, 0.6) is 5.75 Å². The van der Waals surface area contributed by atoms with Crippen molar-refractivity contribution >= 4 is 34.4 Å². The van der Waals surface area contributed by atoms with Crippen molar-refractivity contribution in [2.75, 3.05) is 11.1 Å². The summed E-state index contributed by atoms with van der Waals surface area (Å²) in [5.74, 6) is -0.608. The number of hydrogen-bond acceptors (Lipinski definition) is 7. The van der Waals surface area contributed by atoms with Crippen molar-refractivity contribution in [2.45, 2.75) is 24.7 Å². The second-order valence-electron chi connectivity index (χ2n) is 6.61. The van der Waals surface area contributed by atoms with Gasteiger partial charge < -0.3 is 10.1 Å². The van der Waals surface area contributed by atoms with E-state index in [1.54, 1.807) is 0 Å². The van der Waals surface area contributed by atoms with E-state index in [-0.39, 0.29) is 27.5 Å². The zero-order valence-electron chi connectivity index (χ0n) is 17.2. The summed E-state index contributed by atoms with van der Waals surface area (Å²) in [6, 6.07) is 4.69. The molecule has 2 heterocycles. The number of alkyl halides is 3. The normalized spacial score (nSPS) is 11.6. The molecule has 0 aliphatic heterocycles. The predicted molar refractivity (Wildman–Crippen MR) is 112 cm³/mol. The molecular formula is C19H18F3N5O4S. The monoisotopic (exact) mass is 469 g/mol. The number of fused-ring (bicyclic) bond motifs is 1. The van der Waals surface area contributed by atoms with E-state index in [1.807, 2.05) is 6.92 Å². The highest BCUT2D eigenvalue weighted by Crippen LogP contribution is 2.25. The number of aryl methyl sites for hydroxylation is 2. The van der Waals surface area contributed by atoms with Crippen LogP contribution in [0.2, 0.25) is 0 Å². The SMILES string of the molecule is CCc1nc(SCC(=O)Nc2ccc(OC(F)(F)F)cc2)c2c(=O)n(C)c(=O)n(C)c2n1. The van der Waals surface area contributed by atoms with Crippen molar-refractivity contribution < 1.29 is 22.7 Å². The first-order valence-corrected chi connectivity index (χ1v) is 10.2. The molecule has 1 N–H and O–H groups in total. The minimum atomic E-state index is -4.81. The standard InChI is InChI=1S/C19H18F3N5O4S/c1-4-12-24-15-14(17(29)27(3)18(30)26(15)2)16(25-12)32-9-13(28)23-10-5-7-11(8-6-10)31-19(20,21)22/h5-8H,4,9H2,1-3H3,(H,23,28). The number of hydrogen-bond donors (Lipinski definition) is 1. The Morgan fingerprint density at radius 1 is 1.12 bits per heavy atom. The van der Waals surface area contributed by atoms with Crippen molar-refractivity contribution in [1.29, 1.82) is 0 Å². The van der Waals surface area contributed by atoms with Gasteiger partial charge in [-0.1, -0.05) is 18.7 Å². The van der Waals surface area contributed by atoms with Gasteiger partial charge in [0.15, 0.2) is 5.65 Å². The highest BCUT2D eigenvalue weighted by Gasteiger charge is 2.31. The molecule has 0 bridgehead atoms. The Morgan fingerprint density at radius 2 is 1.78 bits per heavy atom. The fraction of sp³-hybridized carbons (Fsp3) is 0.316. The lowest BCUT2D eigenvalue weighted by Gasteiger charge is -2.12. The molecule has 0 atom stereocenters. The number of anilines is 1. The first-order valence-electron chi connectivity index (χ1n) is 9.25. The largest absolute Gasteiger partial charge is 0.573 e. The number of thioether (sulfide) groups is 1. The first-order chi connectivity index (χ1) is 15.0. The van der Waals surface area contributed by atoms with E-state index in [0.717, 1.165) is 28.5 Å². The van der Waals surface area contributed by atoms with Gasteiger partial charge in [0.25, 0.3) is 5.56 Å². The Hall–Kier alpha value is -3.35. The number of rotatable bonds is 6. The lowest BCUT2D eigenvalue weighted by atomic mass is 10.3. The molecule has 13 heteroatoms. The van der Waals surface area contributed by atoms with Gasteiger partial charge in [-0.05, 0) is 24.3 Å². The summed E-state index contributed by atoms with van der Waals surface area (Å²) in [5, 5.41) is 2.93. The number of carbonyl (C=O) groups is 1. The van der Waals surface area contributed by atoms with Crippen molar-refractivity contribution in [2.24, 2.45) is 14.1 Å². The third-order valence-electron chi connectivity index (χ3n) is 4.34. The molecule has 1 aromatic carbocycles. The van der Waals surface area contributed by atoms with E-state index in [4.69, 9.17) is 0 Å². The van der Waals surface area contributed by atoms with E-state index < -0.39 is 29.3 Å². The summed E-state index contributed by atoms with van der Waals surface area (Å²) in [5.41, 5.74) is -0.665. The number of aromatic nitrogens is 4. The number of nitrogens with one attached hydrogen (secondary N) is 1. The minimum Gasteiger partial charge on any atom is -0.406 e. The maximum atomic E-state index is 12.7. The summed E-state index contributed by atoms with van der Waals surface area (Å²) in [4.78, 5) is 45.8. The Morgan fingerprint density at radius 3 is 2.38 bits per heavy atom. The number of nitrogens with zero attached hydrogens (tertiary/aromatic N) is 4. The molecule has 9 nitrogen and oxygen atoms in total. The smallest absolute Gasteiger partial charge is 0.406 e. The Balaban J connectivity index is 1.81. The Bertz CT molecular complexity index is 1290. The number of carbonyl (C=O) groups excluding carboxylic acids is 1. The molecule has 1 amide bonds. The van der Waals surface area contributed by atoms with Gasteiger partial charge in [-0.25, -0.2) is 14.8 Å². The van der Waals surface area contributed by atoms with Crippen LogP contribution >= 0.6 is 11.8 Å². The number of amides is 1. The van der Waals surface area contributed by atoms with Crippen LogP contribution in [0.25, 0.3) is 11.0 Å². The second kappa shape index (κ2) is 9.02. The van der Waals surface area contributed by atoms with Crippen LogP contribution in [0.3, 0.4) is 0 Å². The second-order valence-corrected chi connectivity index (χ2v) is 7.58. The van der Waals surface area contributed by atoms with Gasteiger partial charge in [-0.2, -0.15) is 0 Å². The van der Waals surface area contributed by atoms with Crippen LogP contribution in [0.1, 0.15) is 12.7 Å². The van der Waals surface area contributed by atoms with E-state index in [0.29, 0.717) is 12.2 Å². The Kier molecular flexibility index (Phi) is 6.57. The quantitative estimate of drug-likeness (QED) is 0.436. The van der Waals surface area contributed by atoms with Crippen LogP contribution in [0.4, 0.5) is 18.9 Å². The van der Waals surface area contributed by atoms with Crippen molar-refractivity contribution in [1.82, 2.24) is 19.1 Å². The third kappa shape index (κ3) is 5.10. The zero-order valence-corrected chi connectivity index (χ0v) is 18.0. The van der Waals surface area contributed by atoms with Gasteiger partial charge in [0, 0.05) is 26.2 Å². The van der Waals surface area contributed by atoms with Gasteiger partial charge in [-0.15, -0.1) is 13.2 Å². The molecule has 0 radical (unpaired) electrons. The van der Waals surface area contributed by atoms with Gasteiger partial charge in [-0.3, -0.25) is 18.7 Å². The third-order valence-corrected chi connectivity index (χ3v) is 5.32. The molecule has 0 spiro atoms. The maximum Gasteiger partial charge on any atom is 0.573 e.